The van der Waals surface area contributed by atoms with E-state index in [4.69, 9.17) is 14.7 Å². The van der Waals surface area contributed by atoms with Crippen molar-refractivity contribution in [3.63, 3.8) is 0 Å². The fraction of sp³-hybridized carbons (Fsp3) is 0.429. The van der Waals surface area contributed by atoms with Crippen LogP contribution < -0.4 is 4.90 Å². The Bertz CT molecular complexity index is 1150. The number of carboxylic acid groups (broad SMARTS) is 1. The molecule has 0 aromatic heterocycles. The number of para-hydroxylation sites is 1. The molecule has 0 aliphatic carbocycles. The molecule has 3 heterocycles. The highest BCUT2D eigenvalue weighted by Gasteiger charge is 2.34. The van der Waals surface area contributed by atoms with Gasteiger partial charge in [-0.25, -0.2) is 4.79 Å². The largest absolute Gasteiger partial charge is 0.480 e. The minimum absolute atomic E-state index is 0.0865. The Kier molecular flexibility index (Phi) is 8.18. The molecule has 0 spiro atoms. The van der Waals surface area contributed by atoms with Crippen molar-refractivity contribution in [3.05, 3.63) is 65.7 Å². The highest BCUT2D eigenvalue weighted by Crippen LogP contribution is 2.22. The molecule has 0 saturated carbocycles. The van der Waals surface area contributed by atoms with Crippen molar-refractivity contribution >= 4 is 29.5 Å². The summed E-state index contributed by atoms with van der Waals surface area (Å²) in [6, 6.07) is 18.4. The molecule has 10 nitrogen and oxygen atoms in total. The Morgan fingerprint density at radius 1 is 1.00 bits per heavy atom. The molecule has 1 N–H and O–H groups in total. The summed E-state index contributed by atoms with van der Waals surface area (Å²) in [4.78, 5) is 33.2. The quantitative estimate of drug-likeness (QED) is 0.534. The molecule has 2 fully saturated rings. The van der Waals surface area contributed by atoms with Crippen molar-refractivity contribution in [2.24, 2.45) is 10.3 Å². The number of ether oxygens (including phenoxy) is 1. The van der Waals surface area contributed by atoms with E-state index in [9.17, 15) is 9.59 Å². The van der Waals surface area contributed by atoms with Crippen molar-refractivity contribution in [2.45, 2.75) is 31.5 Å². The van der Waals surface area contributed by atoms with Crippen molar-refractivity contribution in [1.82, 2.24) is 9.91 Å². The first kappa shape index (κ1) is 25.7. The molecule has 200 valence electrons. The maximum Gasteiger partial charge on any atom is 0.329 e. The van der Waals surface area contributed by atoms with Gasteiger partial charge in [-0.2, -0.15) is 5.10 Å². The Labute approximate surface area is 222 Å². The zero-order chi connectivity index (χ0) is 26.3. The van der Waals surface area contributed by atoms with Gasteiger partial charge in [0.25, 0.3) is 5.91 Å². The lowest BCUT2D eigenvalue weighted by atomic mass is 10.0. The predicted octanol–water partition coefficient (Wildman–Crippen LogP) is 2.43. The number of hydrogen-bond acceptors (Lipinski definition) is 8. The van der Waals surface area contributed by atoms with Gasteiger partial charge in [0, 0.05) is 38.3 Å². The molecule has 1 amide bonds. The fourth-order valence-electron chi connectivity index (χ4n) is 4.93. The average molecular weight is 520 g/mol. The van der Waals surface area contributed by atoms with Gasteiger partial charge in [-0.1, -0.05) is 47.6 Å². The molecule has 3 aliphatic heterocycles. The van der Waals surface area contributed by atoms with Crippen LogP contribution in [0.5, 0.6) is 0 Å². The topological polar surface area (TPSA) is 107 Å². The number of hydrazone groups is 1. The normalized spacial score (nSPS) is 20.5. The highest BCUT2D eigenvalue weighted by atomic mass is 16.6. The maximum absolute atomic E-state index is 12.9. The lowest BCUT2D eigenvalue weighted by molar-refractivity contribution is -0.149. The summed E-state index contributed by atoms with van der Waals surface area (Å²) in [5.74, 6) is -1.07. The standard InChI is InChI=1S/C28H33N5O5/c34-27(35)20-37-24-10-12-32(13-11-24)28(36)26-18-25(30-38-26)22-8-6-21(7-9-22)19-29-33-16-14-31(15-17-33)23-4-2-1-3-5-23/h1-9,19,24,26H,10-18,20H2,(H,34,35)/b29-19+. The fourth-order valence-corrected chi connectivity index (χ4v) is 4.93. The molecule has 0 bridgehead atoms. The first-order valence-corrected chi connectivity index (χ1v) is 13.1. The number of oxime groups is 1. The number of likely N-dealkylation sites (tertiary alicyclic amines) is 1. The van der Waals surface area contributed by atoms with Crippen LogP contribution in [0.3, 0.4) is 0 Å². The number of nitrogens with zero attached hydrogens (tertiary/aromatic N) is 5. The number of hydrogen-bond donors (Lipinski definition) is 1. The number of carboxylic acids is 1. The number of piperidine rings is 1. The summed E-state index contributed by atoms with van der Waals surface area (Å²) in [7, 11) is 0. The van der Waals surface area contributed by atoms with Crippen LogP contribution in [0.25, 0.3) is 0 Å². The van der Waals surface area contributed by atoms with Gasteiger partial charge in [-0.05, 0) is 36.1 Å². The van der Waals surface area contributed by atoms with Crippen molar-refractivity contribution in [2.75, 3.05) is 50.8 Å². The molecule has 10 heteroatoms. The third-order valence-corrected chi connectivity index (χ3v) is 7.13. The zero-order valence-corrected chi connectivity index (χ0v) is 21.3. The second kappa shape index (κ2) is 12.1. The van der Waals surface area contributed by atoms with Crippen molar-refractivity contribution < 1.29 is 24.3 Å². The zero-order valence-electron chi connectivity index (χ0n) is 21.3. The maximum atomic E-state index is 12.9. The first-order valence-electron chi connectivity index (χ1n) is 13.1. The van der Waals surface area contributed by atoms with Crippen LogP contribution in [0.15, 0.2) is 64.9 Å². The van der Waals surface area contributed by atoms with Gasteiger partial charge in [-0.3, -0.25) is 9.80 Å². The summed E-state index contributed by atoms with van der Waals surface area (Å²) >= 11 is 0. The third kappa shape index (κ3) is 6.49. The van der Waals surface area contributed by atoms with E-state index >= 15 is 0 Å². The van der Waals surface area contributed by atoms with Crippen LogP contribution in [0.4, 0.5) is 5.69 Å². The highest BCUT2D eigenvalue weighted by molar-refractivity contribution is 6.04. The number of carbonyl (C=O) groups is 2. The summed E-state index contributed by atoms with van der Waals surface area (Å²) in [5.41, 5.74) is 3.93. The number of benzene rings is 2. The second-order valence-electron chi connectivity index (χ2n) is 9.71. The van der Waals surface area contributed by atoms with E-state index in [-0.39, 0.29) is 18.6 Å². The minimum atomic E-state index is -0.981. The lowest BCUT2D eigenvalue weighted by Gasteiger charge is -2.34. The van der Waals surface area contributed by atoms with Gasteiger partial charge in [-0.15, -0.1) is 0 Å². The summed E-state index contributed by atoms with van der Waals surface area (Å²) < 4.78 is 5.35. The molecular weight excluding hydrogens is 486 g/mol. The Morgan fingerprint density at radius 2 is 1.71 bits per heavy atom. The molecule has 2 aromatic carbocycles. The van der Waals surface area contributed by atoms with E-state index in [1.54, 1.807) is 4.90 Å². The monoisotopic (exact) mass is 519 g/mol. The Balaban J connectivity index is 1.06. The number of carbonyl (C=O) groups excluding carboxylic acids is 1. The lowest BCUT2D eigenvalue weighted by Crippen LogP contribution is -2.45. The van der Waals surface area contributed by atoms with E-state index in [2.05, 4.69) is 44.4 Å². The van der Waals surface area contributed by atoms with Crippen LogP contribution in [0, 0.1) is 0 Å². The van der Waals surface area contributed by atoms with E-state index in [1.165, 1.54) is 5.69 Å². The summed E-state index contributed by atoms with van der Waals surface area (Å²) in [6.07, 6.45) is 2.78. The van der Waals surface area contributed by atoms with E-state index < -0.39 is 12.1 Å². The predicted molar refractivity (Wildman–Crippen MR) is 143 cm³/mol. The van der Waals surface area contributed by atoms with Crippen LogP contribution in [0.2, 0.25) is 0 Å². The average Bonchev–Trinajstić information content (AvgIpc) is 3.46. The minimum Gasteiger partial charge on any atom is -0.480 e. The number of anilines is 1. The number of rotatable bonds is 8. The molecule has 38 heavy (non-hydrogen) atoms. The van der Waals surface area contributed by atoms with Crippen molar-refractivity contribution in [1.29, 1.82) is 0 Å². The second-order valence-corrected chi connectivity index (χ2v) is 9.71. The number of amides is 1. The van der Waals surface area contributed by atoms with E-state index in [1.807, 2.05) is 36.5 Å². The van der Waals surface area contributed by atoms with Gasteiger partial charge >= 0.3 is 5.97 Å². The molecule has 1 unspecified atom stereocenters. The third-order valence-electron chi connectivity index (χ3n) is 7.13. The molecule has 1 atom stereocenters. The SMILES string of the molecule is O=C(O)COC1CCN(C(=O)C2CC(c3ccc(/C=N/N4CCN(c5ccccc5)CC4)cc3)=NO2)CC1. The molecule has 5 rings (SSSR count). The molecule has 3 aliphatic rings. The summed E-state index contributed by atoms with van der Waals surface area (Å²) in [5, 5.41) is 19.7. The Morgan fingerprint density at radius 3 is 2.39 bits per heavy atom. The van der Waals surface area contributed by atoms with Gasteiger partial charge in [0.15, 0.2) is 0 Å². The van der Waals surface area contributed by atoms with Gasteiger partial charge in [0.2, 0.25) is 6.10 Å². The van der Waals surface area contributed by atoms with Crippen LogP contribution in [0.1, 0.15) is 30.4 Å². The smallest absolute Gasteiger partial charge is 0.329 e. The molecule has 2 saturated heterocycles. The number of aliphatic carboxylic acids is 1. The molecule has 0 radical (unpaired) electrons. The molecule has 2 aromatic rings. The molecular formula is C28H33N5O5. The van der Waals surface area contributed by atoms with E-state index in [0.717, 1.165) is 43.0 Å². The van der Waals surface area contributed by atoms with Crippen LogP contribution >= 0.6 is 0 Å². The van der Waals surface area contributed by atoms with Crippen LogP contribution in [-0.2, 0) is 19.2 Å². The van der Waals surface area contributed by atoms with E-state index in [0.29, 0.717) is 32.4 Å². The van der Waals surface area contributed by atoms with Crippen molar-refractivity contribution in [3.8, 4) is 0 Å². The first-order chi connectivity index (χ1) is 18.5. The van der Waals surface area contributed by atoms with Gasteiger partial charge in [0.05, 0.1) is 31.1 Å². The van der Waals surface area contributed by atoms with Gasteiger partial charge in [0.1, 0.15) is 6.61 Å². The van der Waals surface area contributed by atoms with Crippen LogP contribution in [-0.4, -0.2) is 96.9 Å². The van der Waals surface area contributed by atoms with Gasteiger partial charge < -0.3 is 24.5 Å². The Hall–Kier alpha value is -3.92. The summed E-state index contributed by atoms with van der Waals surface area (Å²) in [6.45, 7) is 4.37. The number of piperazine rings is 1.